The van der Waals surface area contributed by atoms with Crippen molar-refractivity contribution in [3.63, 3.8) is 0 Å². The summed E-state index contributed by atoms with van der Waals surface area (Å²) in [4.78, 5) is 27.2. The van der Waals surface area contributed by atoms with Crippen molar-refractivity contribution in [3.8, 4) is 11.3 Å². The standard InChI is InChI=1S/C20H13ClF3N3O3/c1-11-2-5-14(9-17(11)20(22,23)24)26-19(28)16-8-13(21)10-25-18(16)12-3-6-15(7-4-12)27(29)30/h2-10H,1H3,(H,26,28)/i9D. The number of carbonyl (C=O) groups is 1. The van der Waals surface area contributed by atoms with Crippen LogP contribution in [0, 0.1) is 17.0 Å². The molecule has 0 saturated carbocycles. The maximum atomic E-state index is 13.3. The van der Waals surface area contributed by atoms with E-state index in [9.17, 15) is 28.1 Å². The first-order valence-corrected chi connectivity index (χ1v) is 8.76. The summed E-state index contributed by atoms with van der Waals surface area (Å²) in [6.07, 6.45) is -3.50. The van der Waals surface area contributed by atoms with E-state index in [1.807, 2.05) is 0 Å². The number of non-ortho nitro benzene ring substituents is 1. The minimum Gasteiger partial charge on any atom is -0.322 e. The first-order valence-electron chi connectivity index (χ1n) is 8.88. The molecular weight excluding hydrogens is 423 g/mol. The molecule has 3 aromatic rings. The van der Waals surface area contributed by atoms with Crippen LogP contribution in [0.3, 0.4) is 0 Å². The van der Waals surface area contributed by atoms with Crippen LogP contribution in [0.5, 0.6) is 0 Å². The van der Waals surface area contributed by atoms with Crippen LogP contribution >= 0.6 is 11.6 Å². The zero-order chi connectivity index (χ0) is 22.9. The highest BCUT2D eigenvalue weighted by atomic mass is 35.5. The van der Waals surface area contributed by atoms with E-state index in [-0.39, 0.29) is 33.2 Å². The first-order chi connectivity index (χ1) is 14.5. The number of benzene rings is 2. The van der Waals surface area contributed by atoms with Gasteiger partial charge in [-0.2, -0.15) is 13.2 Å². The Morgan fingerprint density at radius 3 is 2.50 bits per heavy atom. The van der Waals surface area contributed by atoms with E-state index in [2.05, 4.69) is 10.3 Å². The zero-order valence-corrected chi connectivity index (χ0v) is 16.0. The van der Waals surface area contributed by atoms with Crippen LogP contribution < -0.4 is 5.32 Å². The molecule has 3 rings (SSSR count). The van der Waals surface area contributed by atoms with Crippen LogP contribution in [-0.2, 0) is 6.18 Å². The third kappa shape index (κ3) is 4.57. The van der Waals surface area contributed by atoms with Crippen molar-refractivity contribution < 1.29 is 24.3 Å². The fourth-order valence-corrected chi connectivity index (χ4v) is 2.86. The highest BCUT2D eigenvalue weighted by Crippen LogP contribution is 2.34. The number of hydrogen-bond donors (Lipinski definition) is 1. The van der Waals surface area contributed by atoms with E-state index in [1.165, 1.54) is 49.5 Å². The quantitative estimate of drug-likeness (QED) is 0.408. The molecule has 1 N–H and O–H groups in total. The van der Waals surface area contributed by atoms with E-state index >= 15 is 0 Å². The topological polar surface area (TPSA) is 85.1 Å². The van der Waals surface area contributed by atoms with Gasteiger partial charge in [-0.05, 0) is 42.8 Å². The second-order valence-electron chi connectivity index (χ2n) is 6.24. The zero-order valence-electron chi connectivity index (χ0n) is 16.2. The Labute approximate surface area is 174 Å². The fraction of sp³-hybridized carbons (Fsp3) is 0.100. The van der Waals surface area contributed by atoms with Gasteiger partial charge in [-0.1, -0.05) is 17.7 Å². The molecule has 6 nitrogen and oxygen atoms in total. The number of aromatic nitrogens is 1. The Kier molecular flexibility index (Phi) is 5.37. The van der Waals surface area contributed by atoms with Gasteiger partial charge < -0.3 is 5.32 Å². The van der Waals surface area contributed by atoms with Crippen molar-refractivity contribution in [1.29, 1.82) is 0 Å². The largest absolute Gasteiger partial charge is 0.416 e. The lowest BCUT2D eigenvalue weighted by Gasteiger charge is -2.14. The fourth-order valence-electron chi connectivity index (χ4n) is 2.71. The van der Waals surface area contributed by atoms with Crippen LogP contribution in [0.15, 0.2) is 54.7 Å². The average Bonchev–Trinajstić information content (AvgIpc) is 2.69. The minimum atomic E-state index is -4.76. The Hall–Kier alpha value is -3.46. The summed E-state index contributed by atoms with van der Waals surface area (Å²) in [5.74, 6) is -0.839. The molecule has 0 spiro atoms. The number of alkyl halides is 3. The molecule has 0 radical (unpaired) electrons. The molecule has 10 heteroatoms. The number of nitro groups is 1. The van der Waals surface area contributed by atoms with Crippen molar-refractivity contribution in [2.24, 2.45) is 0 Å². The molecule has 2 aromatic carbocycles. The third-order valence-electron chi connectivity index (χ3n) is 4.14. The number of nitro benzene ring substituents is 1. The van der Waals surface area contributed by atoms with E-state index in [0.717, 1.165) is 6.07 Å². The molecule has 30 heavy (non-hydrogen) atoms. The van der Waals surface area contributed by atoms with Crippen LogP contribution in [0.25, 0.3) is 11.3 Å². The monoisotopic (exact) mass is 436 g/mol. The van der Waals surface area contributed by atoms with Gasteiger partial charge in [0, 0.05) is 29.6 Å². The summed E-state index contributed by atoms with van der Waals surface area (Å²) in [6.45, 7) is 1.22. The Morgan fingerprint density at radius 1 is 1.23 bits per heavy atom. The Morgan fingerprint density at radius 2 is 1.90 bits per heavy atom. The lowest BCUT2D eigenvalue weighted by Crippen LogP contribution is -2.15. The molecule has 0 aliphatic rings. The van der Waals surface area contributed by atoms with E-state index in [1.54, 1.807) is 0 Å². The predicted octanol–water partition coefficient (Wildman–Crippen LogP) is 5.89. The summed E-state index contributed by atoms with van der Waals surface area (Å²) < 4.78 is 47.7. The summed E-state index contributed by atoms with van der Waals surface area (Å²) in [5.41, 5.74) is -1.39. The molecule has 0 aliphatic carbocycles. The second-order valence-corrected chi connectivity index (χ2v) is 6.67. The van der Waals surface area contributed by atoms with Gasteiger partial charge in [0.2, 0.25) is 0 Å². The van der Waals surface area contributed by atoms with Crippen LogP contribution in [0.1, 0.15) is 22.9 Å². The van der Waals surface area contributed by atoms with Gasteiger partial charge in [-0.25, -0.2) is 0 Å². The molecule has 1 heterocycles. The van der Waals surface area contributed by atoms with Gasteiger partial charge in [0.1, 0.15) is 0 Å². The van der Waals surface area contributed by atoms with Gasteiger partial charge in [0.15, 0.2) is 0 Å². The Balaban J connectivity index is 2.02. The van der Waals surface area contributed by atoms with Crippen molar-refractivity contribution in [3.05, 3.63) is 86.5 Å². The average molecular weight is 437 g/mol. The lowest BCUT2D eigenvalue weighted by molar-refractivity contribution is -0.384. The molecule has 1 amide bonds. The molecule has 0 atom stereocenters. The Bertz CT molecular complexity index is 1180. The maximum absolute atomic E-state index is 13.3. The summed E-state index contributed by atoms with van der Waals surface area (Å²) in [7, 11) is 0. The highest BCUT2D eigenvalue weighted by Gasteiger charge is 2.32. The van der Waals surface area contributed by atoms with Gasteiger partial charge in [-0.3, -0.25) is 19.9 Å². The number of pyridine rings is 1. The number of nitrogens with zero attached hydrogens (tertiary/aromatic N) is 2. The van der Waals surface area contributed by atoms with E-state index in [0.29, 0.717) is 5.56 Å². The van der Waals surface area contributed by atoms with Crippen LogP contribution in [0.2, 0.25) is 5.02 Å². The van der Waals surface area contributed by atoms with Crippen LogP contribution in [0.4, 0.5) is 24.5 Å². The molecular formula is C20H13ClF3N3O3. The third-order valence-corrected chi connectivity index (χ3v) is 4.34. The maximum Gasteiger partial charge on any atom is 0.416 e. The molecule has 1 aromatic heterocycles. The SMILES string of the molecule is [2H]c1c(NC(=O)c2cc(Cl)cnc2-c2ccc([N+](=O)[O-])cc2)ccc(C)c1C(F)(F)F. The molecule has 0 bridgehead atoms. The summed E-state index contributed by atoms with van der Waals surface area (Å²) >= 11 is 5.94. The van der Waals surface area contributed by atoms with Gasteiger partial charge in [0.05, 0.1) is 28.1 Å². The predicted molar refractivity (Wildman–Crippen MR) is 105 cm³/mol. The number of nitrogens with one attached hydrogen (secondary N) is 1. The summed E-state index contributed by atoms with van der Waals surface area (Å²) in [6, 6.07) is 7.98. The van der Waals surface area contributed by atoms with Crippen molar-refractivity contribution >= 4 is 28.9 Å². The van der Waals surface area contributed by atoms with Crippen molar-refractivity contribution in [2.75, 3.05) is 5.32 Å². The number of aryl methyl sites for hydroxylation is 1. The van der Waals surface area contributed by atoms with Crippen molar-refractivity contribution in [1.82, 2.24) is 4.98 Å². The minimum absolute atomic E-state index is 0.0742. The van der Waals surface area contributed by atoms with Crippen molar-refractivity contribution in [2.45, 2.75) is 13.1 Å². The smallest absolute Gasteiger partial charge is 0.322 e. The van der Waals surface area contributed by atoms with Crippen LogP contribution in [-0.4, -0.2) is 15.8 Å². The molecule has 0 aliphatic heterocycles. The highest BCUT2D eigenvalue weighted by molar-refractivity contribution is 6.31. The van der Waals surface area contributed by atoms with E-state index in [4.69, 9.17) is 13.0 Å². The lowest BCUT2D eigenvalue weighted by atomic mass is 10.0. The first kappa shape index (κ1) is 19.8. The molecule has 0 saturated heterocycles. The molecule has 154 valence electrons. The number of rotatable bonds is 4. The molecule has 0 unspecified atom stereocenters. The van der Waals surface area contributed by atoms with Gasteiger partial charge in [0.25, 0.3) is 11.6 Å². The number of halogens is 4. The number of anilines is 1. The number of carbonyl (C=O) groups excluding carboxylic acids is 1. The molecule has 0 fully saturated rings. The summed E-state index contributed by atoms with van der Waals surface area (Å²) in [5, 5.41) is 13.2. The second kappa shape index (κ2) is 8.11. The van der Waals surface area contributed by atoms with Gasteiger partial charge in [-0.15, -0.1) is 0 Å². The normalized spacial score (nSPS) is 11.7. The van der Waals surface area contributed by atoms with Gasteiger partial charge >= 0.3 is 6.18 Å². The number of hydrogen-bond acceptors (Lipinski definition) is 4. The van der Waals surface area contributed by atoms with E-state index < -0.39 is 28.6 Å². The number of amides is 1.